The maximum Gasteiger partial charge on any atom is 0.319 e. The summed E-state index contributed by atoms with van der Waals surface area (Å²) in [5.74, 6) is 0. The fraction of sp³-hybridized carbons (Fsp3) is 0.417. The lowest BCUT2D eigenvalue weighted by atomic mass is 10.2. The molecule has 0 radical (unpaired) electrons. The van der Waals surface area contributed by atoms with Gasteiger partial charge in [-0.2, -0.15) is 0 Å². The Labute approximate surface area is 114 Å². The molecule has 7 heteroatoms. The van der Waals surface area contributed by atoms with E-state index in [1.165, 1.54) is 11.3 Å². The molecular weight excluding hydrogens is 264 g/mol. The molecule has 1 aliphatic heterocycles. The first kappa shape index (κ1) is 12.3. The van der Waals surface area contributed by atoms with Gasteiger partial charge < -0.3 is 10.6 Å². The van der Waals surface area contributed by atoms with E-state index < -0.39 is 0 Å². The lowest BCUT2D eigenvalue weighted by Crippen LogP contribution is -2.35. The zero-order valence-corrected chi connectivity index (χ0v) is 11.1. The minimum absolute atomic E-state index is 0.110. The number of nitro groups is 1. The van der Waals surface area contributed by atoms with Crippen LogP contribution in [0.3, 0.4) is 0 Å². The predicted octanol–water partition coefficient (Wildman–Crippen LogP) is 2.13. The Bertz CT molecular complexity index is 627. The Hall–Kier alpha value is -1.73. The van der Waals surface area contributed by atoms with Crippen molar-refractivity contribution in [3.05, 3.63) is 27.8 Å². The molecule has 1 unspecified atom stereocenters. The average molecular weight is 278 g/mol. The normalized spacial score (nSPS) is 19.2. The molecule has 3 rings (SSSR count). The van der Waals surface area contributed by atoms with E-state index in [4.69, 9.17) is 5.73 Å². The lowest BCUT2D eigenvalue weighted by molar-refractivity contribution is -0.382. The summed E-state index contributed by atoms with van der Waals surface area (Å²) >= 11 is 1.42. The van der Waals surface area contributed by atoms with Crippen LogP contribution in [-0.2, 0) is 0 Å². The molecule has 0 spiro atoms. The van der Waals surface area contributed by atoms with Crippen LogP contribution >= 0.6 is 11.3 Å². The van der Waals surface area contributed by atoms with Crippen molar-refractivity contribution < 1.29 is 4.92 Å². The number of hydrogen-bond donors (Lipinski definition) is 1. The molecule has 2 heterocycles. The molecule has 2 aromatic rings. The van der Waals surface area contributed by atoms with Crippen molar-refractivity contribution in [1.29, 1.82) is 0 Å². The van der Waals surface area contributed by atoms with Crippen LogP contribution in [0.5, 0.6) is 0 Å². The Morgan fingerprint density at radius 1 is 1.58 bits per heavy atom. The van der Waals surface area contributed by atoms with E-state index in [0.717, 1.165) is 24.1 Å². The standard InChI is InChI=1S/C12H14N4O2S/c13-6-8-2-1-5-15(8)9-3-4-10-11(14-7-19-10)12(9)16(17)18/h3-4,7-8H,1-2,5-6,13H2. The first-order chi connectivity index (χ1) is 9.22. The highest BCUT2D eigenvalue weighted by Gasteiger charge is 2.31. The van der Waals surface area contributed by atoms with Crippen molar-refractivity contribution in [3.63, 3.8) is 0 Å². The SMILES string of the molecule is NCC1CCCN1c1ccc2scnc2c1[N+](=O)[O-]. The van der Waals surface area contributed by atoms with Gasteiger partial charge in [-0.1, -0.05) is 0 Å². The Kier molecular flexibility index (Phi) is 3.08. The second-order valence-electron chi connectivity index (χ2n) is 4.61. The third kappa shape index (κ3) is 1.95. The largest absolute Gasteiger partial charge is 0.362 e. The smallest absolute Gasteiger partial charge is 0.319 e. The van der Waals surface area contributed by atoms with Crippen molar-refractivity contribution in [2.75, 3.05) is 18.0 Å². The maximum absolute atomic E-state index is 11.4. The van der Waals surface area contributed by atoms with E-state index in [-0.39, 0.29) is 16.7 Å². The van der Waals surface area contributed by atoms with Crippen LogP contribution in [0.15, 0.2) is 17.6 Å². The van der Waals surface area contributed by atoms with Crippen LogP contribution < -0.4 is 10.6 Å². The Balaban J connectivity index is 2.17. The summed E-state index contributed by atoms with van der Waals surface area (Å²) in [6.45, 7) is 1.34. The molecule has 1 saturated heterocycles. The van der Waals surface area contributed by atoms with Crippen molar-refractivity contribution >= 4 is 32.9 Å². The molecule has 1 aromatic carbocycles. The lowest BCUT2D eigenvalue weighted by Gasteiger charge is -2.25. The molecule has 1 aliphatic rings. The van der Waals surface area contributed by atoms with Gasteiger partial charge in [-0.15, -0.1) is 11.3 Å². The number of thiazole rings is 1. The van der Waals surface area contributed by atoms with Crippen LogP contribution in [0, 0.1) is 10.1 Å². The van der Waals surface area contributed by atoms with E-state index in [1.54, 1.807) is 5.51 Å². The highest BCUT2D eigenvalue weighted by atomic mass is 32.1. The summed E-state index contributed by atoms with van der Waals surface area (Å²) in [5.41, 5.74) is 8.64. The Morgan fingerprint density at radius 2 is 2.42 bits per heavy atom. The van der Waals surface area contributed by atoms with Crippen LogP contribution in [0.2, 0.25) is 0 Å². The van der Waals surface area contributed by atoms with E-state index in [0.29, 0.717) is 17.7 Å². The minimum Gasteiger partial charge on any atom is -0.362 e. The number of nitrogens with two attached hydrogens (primary N) is 1. The van der Waals surface area contributed by atoms with Gasteiger partial charge in [0.2, 0.25) is 0 Å². The van der Waals surface area contributed by atoms with Crippen molar-refractivity contribution in [3.8, 4) is 0 Å². The van der Waals surface area contributed by atoms with Gasteiger partial charge in [-0.05, 0) is 25.0 Å². The number of benzene rings is 1. The summed E-state index contributed by atoms with van der Waals surface area (Å²) in [7, 11) is 0. The zero-order chi connectivity index (χ0) is 13.4. The van der Waals surface area contributed by atoms with Gasteiger partial charge in [0.25, 0.3) is 0 Å². The highest BCUT2D eigenvalue weighted by Crippen LogP contribution is 2.39. The molecular formula is C12H14N4O2S. The fourth-order valence-electron chi connectivity index (χ4n) is 2.72. The molecule has 0 bridgehead atoms. The van der Waals surface area contributed by atoms with Crippen molar-refractivity contribution in [2.24, 2.45) is 5.73 Å². The van der Waals surface area contributed by atoms with Gasteiger partial charge in [0.15, 0.2) is 5.52 Å². The van der Waals surface area contributed by atoms with Crippen molar-refractivity contribution in [1.82, 2.24) is 4.98 Å². The number of nitrogens with zero attached hydrogens (tertiary/aromatic N) is 3. The number of anilines is 1. The van der Waals surface area contributed by atoms with Crippen LogP contribution in [0.25, 0.3) is 10.2 Å². The molecule has 100 valence electrons. The summed E-state index contributed by atoms with van der Waals surface area (Å²) in [5, 5.41) is 11.4. The van der Waals surface area contributed by atoms with Crippen LogP contribution in [0.4, 0.5) is 11.4 Å². The second-order valence-corrected chi connectivity index (χ2v) is 5.50. The number of aromatic nitrogens is 1. The molecule has 0 aliphatic carbocycles. The topological polar surface area (TPSA) is 85.3 Å². The van der Waals surface area contributed by atoms with Gasteiger partial charge in [-0.25, -0.2) is 4.98 Å². The summed E-state index contributed by atoms with van der Waals surface area (Å²) < 4.78 is 0.846. The molecule has 0 amide bonds. The zero-order valence-electron chi connectivity index (χ0n) is 10.3. The van der Waals surface area contributed by atoms with Gasteiger partial charge in [0.1, 0.15) is 5.69 Å². The predicted molar refractivity (Wildman–Crippen MR) is 75.7 cm³/mol. The second kappa shape index (κ2) is 4.75. The first-order valence-corrected chi connectivity index (χ1v) is 7.07. The monoisotopic (exact) mass is 278 g/mol. The number of fused-ring (bicyclic) bond motifs is 1. The summed E-state index contributed by atoms with van der Waals surface area (Å²) in [4.78, 5) is 17.3. The van der Waals surface area contributed by atoms with Gasteiger partial charge in [-0.3, -0.25) is 10.1 Å². The van der Waals surface area contributed by atoms with E-state index in [1.807, 2.05) is 12.1 Å². The number of nitro benzene ring substituents is 1. The minimum atomic E-state index is -0.330. The van der Waals surface area contributed by atoms with Gasteiger partial charge in [0, 0.05) is 19.1 Å². The van der Waals surface area contributed by atoms with Crippen LogP contribution in [-0.4, -0.2) is 29.0 Å². The Morgan fingerprint density at radius 3 is 3.16 bits per heavy atom. The molecule has 0 saturated carbocycles. The third-order valence-electron chi connectivity index (χ3n) is 3.60. The molecule has 1 atom stereocenters. The van der Waals surface area contributed by atoms with Gasteiger partial charge in [0.05, 0.1) is 15.1 Å². The maximum atomic E-state index is 11.4. The van der Waals surface area contributed by atoms with E-state index in [9.17, 15) is 10.1 Å². The number of rotatable bonds is 3. The summed E-state index contributed by atoms with van der Waals surface area (Å²) in [6, 6.07) is 3.92. The molecule has 1 aromatic heterocycles. The quantitative estimate of drug-likeness (QED) is 0.686. The van der Waals surface area contributed by atoms with Gasteiger partial charge >= 0.3 is 5.69 Å². The summed E-state index contributed by atoms with van der Waals surface area (Å²) in [6.07, 6.45) is 2.01. The molecule has 6 nitrogen and oxygen atoms in total. The first-order valence-electron chi connectivity index (χ1n) is 6.19. The van der Waals surface area contributed by atoms with Crippen molar-refractivity contribution in [2.45, 2.75) is 18.9 Å². The van der Waals surface area contributed by atoms with E-state index >= 15 is 0 Å². The van der Waals surface area contributed by atoms with Crippen LogP contribution in [0.1, 0.15) is 12.8 Å². The fourth-order valence-corrected chi connectivity index (χ4v) is 3.40. The number of hydrogen-bond acceptors (Lipinski definition) is 6. The molecule has 1 fully saturated rings. The molecule has 2 N–H and O–H groups in total. The highest BCUT2D eigenvalue weighted by molar-refractivity contribution is 7.16. The third-order valence-corrected chi connectivity index (χ3v) is 4.39. The van der Waals surface area contributed by atoms with E-state index in [2.05, 4.69) is 9.88 Å². The molecule has 19 heavy (non-hydrogen) atoms. The average Bonchev–Trinajstić information content (AvgIpc) is 3.05.